The average molecular weight is 787 g/mol. The first-order chi connectivity index (χ1) is 25.8. The van der Waals surface area contributed by atoms with Gasteiger partial charge in [0.25, 0.3) is 0 Å². The van der Waals surface area contributed by atoms with Crippen LogP contribution >= 0.6 is 22.9 Å². The minimum absolute atomic E-state index is 0.00990. The van der Waals surface area contributed by atoms with Crippen molar-refractivity contribution < 1.29 is 31.5 Å². The van der Waals surface area contributed by atoms with E-state index in [0.717, 1.165) is 61.5 Å². The van der Waals surface area contributed by atoms with Crippen molar-refractivity contribution in [1.29, 1.82) is 5.26 Å². The molecule has 9 rings (SSSR count). The summed E-state index contributed by atoms with van der Waals surface area (Å²) in [7, 11) is 0. The third-order valence-corrected chi connectivity index (χ3v) is 13.0. The molecular formula is C35H32ClF5N10O2S. The zero-order valence-electron chi connectivity index (χ0n) is 28.5. The minimum Gasteiger partial charge on any atom is -0.461 e. The van der Waals surface area contributed by atoms with Crippen molar-refractivity contribution in [1.82, 2.24) is 30.2 Å². The van der Waals surface area contributed by atoms with E-state index in [1.54, 1.807) is 0 Å². The molecule has 7 heterocycles. The number of carbonyl (C=O) groups is 1. The lowest BCUT2D eigenvalue weighted by atomic mass is 9.84. The number of halogens is 6. The highest BCUT2D eigenvalue weighted by Gasteiger charge is 2.54. The number of fused-ring (bicyclic) bond motifs is 3. The quantitative estimate of drug-likeness (QED) is 0.220. The van der Waals surface area contributed by atoms with Crippen LogP contribution in [0.25, 0.3) is 32.1 Å². The highest BCUT2D eigenvalue weighted by molar-refractivity contribution is 7.23. The number of amides is 2. The maximum atomic E-state index is 17.2. The smallest absolute Gasteiger partial charge is 0.425 e. The van der Waals surface area contributed by atoms with Crippen molar-refractivity contribution in [2.24, 2.45) is 4.99 Å². The van der Waals surface area contributed by atoms with E-state index in [-0.39, 0.29) is 65.8 Å². The molecule has 0 saturated carbocycles. The van der Waals surface area contributed by atoms with Gasteiger partial charge in [-0.3, -0.25) is 4.90 Å². The molecule has 5 aliphatic rings. The number of hydrazine groups is 1. The molecule has 2 aromatic heterocycles. The van der Waals surface area contributed by atoms with Crippen LogP contribution in [-0.4, -0.2) is 99.9 Å². The van der Waals surface area contributed by atoms with Gasteiger partial charge in [-0.05, 0) is 69.3 Å². The molecule has 4 saturated heterocycles. The molecule has 3 N–H and O–H groups in total. The summed E-state index contributed by atoms with van der Waals surface area (Å²) in [6, 6.07) is 5.34. The second kappa shape index (κ2) is 12.5. The molecule has 2 aromatic carbocycles. The molecule has 0 aliphatic carbocycles. The molecule has 4 fully saturated rings. The van der Waals surface area contributed by atoms with Crippen LogP contribution in [0.5, 0.6) is 6.01 Å². The van der Waals surface area contributed by atoms with Crippen LogP contribution in [0.2, 0.25) is 5.02 Å². The first-order valence-electron chi connectivity index (χ1n) is 17.5. The van der Waals surface area contributed by atoms with Gasteiger partial charge in [0.05, 0.1) is 26.4 Å². The Kier molecular flexibility index (Phi) is 8.12. The molecule has 5 aliphatic heterocycles. The molecule has 282 valence electrons. The number of carbonyl (C=O) groups excluding carboxylic acids is 1. The summed E-state index contributed by atoms with van der Waals surface area (Å²) in [5.74, 6) is -1.14. The van der Waals surface area contributed by atoms with Crippen LogP contribution < -0.4 is 20.8 Å². The van der Waals surface area contributed by atoms with E-state index in [1.807, 2.05) is 11.0 Å². The number of nitrogen functional groups attached to an aromatic ring is 1. The molecular weight excluding hydrogens is 755 g/mol. The van der Waals surface area contributed by atoms with Gasteiger partial charge in [-0.25, -0.2) is 23.6 Å². The van der Waals surface area contributed by atoms with E-state index in [4.69, 9.17) is 27.1 Å². The predicted molar refractivity (Wildman–Crippen MR) is 192 cm³/mol. The number of hydrogen-bond acceptors (Lipinski definition) is 11. The van der Waals surface area contributed by atoms with E-state index < -0.39 is 35.5 Å². The van der Waals surface area contributed by atoms with Gasteiger partial charge in [-0.1, -0.05) is 17.7 Å². The van der Waals surface area contributed by atoms with E-state index in [2.05, 4.69) is 20.3 Å². The predicted octanol–water partition coefficient (Wildman–Crippen LogP) is 6.42. The Hall–Kier alpha value is -4.57. The van der Waals surface area contributed by atoms with Crippen LogP contribution in [0.4, 0.5) is 37.6 Å². The van der Waals surface area contributed by atoms with Crippen molar-refractivity contribution >= 4 is 67.1 Å². The number of thiophene rings is 1. The number of nitrogens with one attached hydrogen (secondary N) is 1. The monoisotopic (exact) mass is 786 g/mol. The standard InChI is InChI=1S/C35H32ClF5N10O2S/c36-21-13-19-26(25(38)24(21)18-3-4-22(37)27-23(18)20(14-42)28(43)54-27)45-31(53-16-34-5-1-9-49(34)10-2-6-34)46-29(19)48-11-7-33(15-48)8-12-50(33)32(52)51-17-44-30(47-51)35(39,40)41/h3-4,13,17,30,47H,1-2,5-12,15-16,43H2. The van der Waals surface area contributed by atoms with Gasteiger partial charge in [-0.2, -0.15) is 33.8 Å². The van der Waals surface area contributed by atoms with Gasteiger partial charge in [0.15, 0.2) is 5.82 Å². The number of nitrogens with zero attached hydrogens (tertiary/aromatic N) is 8. The Morgan fingerprint density at radius 2 is 1.89 bits per heavy atom. The normalized spacial score (nSPS) is 23.6. The summed E-state index contributed by atoms with van der Waals surface area (Å²) in [5.41, 5.74) is 7.25. The van der Waals surface area contributed by atoms with Crippen molar-refractivity contribution in [3.63, 3.8) is 0 Å². The van der Waals surface area contributed by atoms with E-state index >= 15 is 4.39 Å². The second-order valence-electron chi connectivity index (χ2n) is 14.5. The topological polar surface area (TPSA) is 139 Å². The van der Waals surface area contributed by atoms with Crippen LogP contribution in [0.1, 0.15) is 44.1 Å². The highest BCUT2D eigenvalue weighted by atomic mass is 35.5. The summed E-state index contributed by atoms with van der Waals surface area (Å²) in [4.78, 5) is 32.0. The molecule has 4 aromatic rings. The fourth-order valence-electron chi connectivity index (χ4n) is 8.91. The average Bonchev–Trinajstić information content (AvgIpc) is 3.95. The van der Waals surface area contributed by atoms with Crippen molar-refractivity contribution in [3.8, 4) is 23.2 Å². The molecule has 12 nitrogen and oxygen atoms in total. The number of aromatic nitrogens is 2. The third kappa shape index (κ3) is 5.34. The molecule has 54 heavy (non-hydrogen) atoms. The van der Waals surface area contributed by atoms with Crippen molar-refractivity contribution in [3.05, 3.63) is 40.4 Å². The molecule has 0 radical (unpaired) electrons. The van der Waals surface area contributed by atoms with Crippen LogP contribution in [0.15, 0.2) is 23.2 Å². The fourth-order valence-corrected chi connectivity index (χ4v) is 10.1. The number of benzene rings is 2. The molecule has 2 amide bonds. The number of ether oxygens (including phenoxy) is 1. The number of urea groups is 1. The van der Waals surface area contributed by atoms with Gasteiger partial charge in [-0.15, -0.1) is 11.3 Å². The Labute approximate surface area is 313 Å². The first kappa shape index (κ1) is 35.2. The summed E-state index contributed by atoms with van der Waals surface area (Å²) >= 11 is 7.76. The van der Waals surface area contributed by atoms with Gasteiger partial charge < -0.3 is 20.3 Å². The summed E-state index contributed by atoms with van der Waals surface area (Å²) < 4.78 is 78.3. The second-order valence-corrected chi connectivity index (χ2v) is 16.0. The number of aliphatic imine (C=N–C) groups is 1. The number of nitriles is 1. The van der Waals surface area contributed by atoms with Crippen LogP contribution in [0, 0.1) is 23.0 Å². The zero-order valence-corrected chi connectivity index (χ0v) is 30.1. The van der Waals surface area contributed by atoms with Crippen LogP contribution in [-0.2, 0) is 0 Å². The number of anilines is 2. The van der Waals surface area contributed by atoms with Crippen molar-refractivity contribution in [2.45, 2.75) is 61.9 Å². The highest BCUT2D eigenvalue weighted by Crippen LogP contribution is 2.48. The number of nitrogens with two attached hydrogens (primary N) is 1. The number of likely N-dealkylation sites (tertiary alicyclic amines) is 1. The SMILES string of the molecule is N#Cc1c(N)sc2c(F)ccc(-c3c(Cl)cc4c(N5CCC6(CCN6C(=O)N6C=NC(C(F)(F)F)N6)C5)nc(OCC56CCCN5CCC6)nc4c3F)c12. The maximum Gasteiger partial charge on any atom is 0.425 e. The minimum atomic E-state index is -4.67. The Balaban J connectivity index is 1.11. The molecule has 19 heteroatoms. The summed E-state index contributed by atoms with van der Waals surface area (Å²) in [5, 5.41) is 11.1. The number of alkyl halides is 3. The van der Waals surface area contributed by atoms with E-state index in [1.165, 1.54) is 23.1 Å². The largest absolute Gasteiger partial charge is 0.461 e. The van der Waals surface area contributed by atoms with Crippen LogP contribution in [0.3, 0.4) is 0 Å². The molecule has 2 atom stereocenters. The first-order valence-corrected chi connectivity index (χ1v) is 18.7. The lowest BCUT2D eigenvalue weighted by Crippen LogP contribution is -2.67. The van der Waals surface area contributed by atoms with Gasteiger partial charge in [0, 0.05) is 36.0 Å². The summed E-state index contributed by atoms with van der Waals surface area (Å²) in [6.45, 7) is 3.17. The van der Waals surface area contributed by atoms with Gasteiger partial charge in [0.2, 0.25) is 6.17 Å². The third-order valence-electron chi connectivity index (χ3n) is 11.7. The van der Waals surface area contributed by atoms with Gasteiger partial charge >= 0.3 is 18.2 Å². The fraction of sp³-hybridized carbons (Fsp3) is 0.457. The molecule has 2 unspecified atom stereocenters. The number of rotatable bonds is 5. The number of hydrogen-bond donors (Lipinski definition) is 2. The van der Waals surface area contributed by atoms with Gasteiger partial charge in [0.1, 0.15) is 41.2 Å². The van der Waals surface area contributed by atoms with Crippen molar-refractivity contribution in [2.75, 3.05) is 50.0 Å². The Morgan fingerprint density at radius 3 is 2.57 bits per heavy atom. The molecule has 0 bridgehead atoms. The van der Waals surface area contributed by atoms with E-state index in [9.17, 15) is 27.6 Å². The lowest BCUT2D eigenvalue weighted by molar-refractivity contribution is -0.156. The summed E-state index contributed by atoms with van der Waals surface area (Å²) in [6.07, 6.45) is -1.03. The molecule has 1 spiro atoms. The Bertz CT molecular complexity index is 2310. The maximum absolute atomic E-state index is 17.2. The lowest BCUT2D eigenvalue weighted by Gasteiger charge is -2.51. The van der Waals surface area contributed by atoms with E-state index in [0.29, 0.717) is 38.4 Å². The Morgan fingerprint density at radius 1 is 1.13 bits per heavy atom. The zero-order chi connectivity index (χ0) is 37.7.